The molecule has 182 valence electrons. The van der Waals surface area contributed by atoms with Crippen molar-refractivity contribution in [3.05, 3.63) is 53.3 Å². The number of aliphatic carboxylic acids is 1. The molecule has 2 amide bonds. The average molecular weight is 466 g/mol. The number of nitrogens with one attached hydrogen (secondary N) is 1. The fourth-order valence-corrected chi connectivity index (χ4v) is 4.73. The lowest BCUT2D eigenvalue weighted by Crippen LogP contribution is -2.52. The van der Waals surface area contributed by atoms with Gasteiger partial charge >= 0.3 is 5.97 Å². The quantitative estimate of drug-likeness (QED) is 0.571. The lowest BCUT2D eigenvalue weighted by Gasteiger charge is -2.35. The Hall–Kier alpha value is -3.22. The summed E-state index contributed by atoms with van der Waals surface area (Å²) in [6, 6.07) is 6.58. The van der Waals surface area contributed by atoms with Crippen molar-refractivity contribution in [2.45, 2.75) is 71.9 Å². The Bertz CT molecular complexity index is 1030. The normalized spacial score (nSPS) is 15.8. The standard InChI is InChI=1S/C27H35N3O4/c1-17(2)12-23(30-11-6-5-10-24(30)31)27(34)29-22(14-25(32)33)20-13-21(16-28-15-20)26-18(3)8-7-9-19(26)4/h7-9,13,15-17,22-23H,5-6,10-12,14H2,1-4H3,(H,29,34)(H,32,33)/t22-,23?/m0/s1. The predicted molar refractivity (Wildman–Crippen MR) is 131 cm³/mol. The molecule has 0 spiro atoms. The number of pyridine rings is 1. The Labute approximate surface area is 201 Å². The molecule has 0 bridgehead atoms. The van der Waals surface area contributed by atoms with Gasteiger partial charge in [0.15, 0.2) is 0 Å². The molecule has 1 aromatic carbocycles. The average Bonchev–Trinajstić information content (AvgIpc) is 2.77. The molecule has 1 aliphatic rings. The van der Waals surface area contributed by atoms with Crippen LogP contribution in [0, 0.1) is 19.8 Å². The number of benzene rings is 1. The molecule has 1 fully saturated rings. The van der Waals surface area contributed by atoms with Crippen LogP contribution in [0.2, 0.25) is 0 Å². The summed E-state index contributed by atoms with van der Waals surface area (Å²) in [5, 5.41) is 12.5. The van der Waals surface area contributed by atoms with Crippen LogP contribution in [0.1, 0.15) is 68.7 Å². The van der Waals surface area contributed by atoms with E-state index in [1.54, 1.807) is 17.3 Å². The number of nitrogens with zero attached hydrogens (tertiary/aromatic N) is 2. The van der Waals surface area contributed by atoms with Crippen molar-refractivity contribution in [2.75, 3.05) is 6.54 Å². The zero-order valence-electron chi connectivity index (χ0n) is 20.5. The van der Waals surface area contributed by atoms with E-state index in [0.29, 0.717) is 24.9 Å². The molecule has 2 N–H and O–H groups in total. The highest BCUT2D eigenvalue weighted by Crippen LogP contribution is 2.29. The lowest BCUT2D eigenvalue weighted by molar-refractivity contribution is -0.144. The van der Waals surface area contributed by atoms with E-state index in [0.717, 1.165) is 35.1 Å². The van der Waals surface area contributed by atoms with Crippen molar-refractivity contribution in [3.8, 4) is 11.1 Å². The molecule has 1 unspecified atom stereocenters. The van der Waals surface area contributed by atoms with Crippen LogP contribution in [0.25, 0.3) is 11.1 Å². The lowest BCUT2D eigenvalue weighted by atomic mass is 9.94. The summed E-state index contributed by atoms with van der Waals surface area (Å²) in [5.74, 6) is -1.14. The Kier molecular flexibility index (Phi) is 8.42. The van der Waals surface area contributed by atoms with Crippen LogP contribution in [0.4, 0.5) is 0 Å². The molecule has 0 radical (unpaired) electrons. The minimum atomic E-state index is -1.02. The molecule has 3 rings (SSSR count). The second-order valence-electron chi connectivity index (χ2n) is 9.62. The number of aromatic nitrogens is 1. The molecule has 34 heavy (non-hydrogen) atoms. The monoisotopic (exact) mass is 465 g/mol. The predicted octanol–water partition coefficient (Wildman–Crippen LogP) is 4.42. The highest BCUT2D eigenvalue weighted by atomic mass is 16.4. The topological polar surface area (TPSA) is 99.6 Å². The van der Waals surface area contributed by atoms with E-state index in [-0.39, 0.29) is 24.2 Å². The Balaban J connectivity index is 1.92. The second-order valence-corrected chi connectivity index (χ2v) is 9.62. The molecular weight excluding hydrogens is 430 g/mol. The third kappa shape index (κ3) is 6.22. The molecule has 2 aromatic rings. The molecule has 0 saturated carbocycles. The van der Waals surface area contributed by atoms with Gasteiger partial charge < -0.3 is 15.3 Å². The number of carbonyl (C=O) groups is 3. The minimum Gasteiger partial charge on any atom is -0.481 e. The van der Waals surface area contributed by atoms with E-state index >= 15 is 0 Å². The van der Waals surface area contributed by atoms with Gasteiger partial charge in [-0.2, -0.15) is 0 Å². The minimum absolute atomic E-state index is 0.0134. The second kappa shape index (κ2) is 11.3. The summed E-state index contributed by atoms with van der Waals surface area (Å²) < 4.78 is 0. The van der Waals surface area contributed by atoms with Crippen LogP contribution in [-0.4, -0.2) is 45.4 Å². The summed E-state index contributed by atoms with van der Waals surface area (Å²) in [4.78, 5) is 43.7. The molecule has 7 heteroatoms. The van der Waals surface area contributed by atoms with E-state index in [1.165, 1.54) is 0 Å². The van der Waals surface area contributed by atoms with Crippen LogP contribution >= 0.6 is 0 Å². The van der Waals surface area contributed by atoms with Gasteiger partial charge in [0, 0.05) is 30.9 Å². The van der Waals surface area contributed by atoms with E-state index in [9.17, 15) is 19.5 Å². The molecule has 1 aromatic heterocycles. The third-order valence-electron chi connectivity index (χ3n) is 6.36. The van der Waals surface area contributed by atoms with Crippen LogP contribution in [0.15, 0.2) is 36.7 Å². The fraction of sp³-hybridized carbons (Fsp3) is 0.481. The maximum Gasteiger partial charge on any atom is 0.305 e. The Morgan fingerprint density at radius 3 is 2.47 bits per heavy atom. The highest BCUT2D eigenvalue weighted by molar-refractivity contribution is 5.88. The van der Waals surface area contributed by atoms with E-state index < -0.39 is 18.1 Å². The molecule has 1 aliphatic heterocycles. The molecule has 1 saturated heterocycles. The van der Waals surface area contributed by atoms with Gasteiger partial charge in [-0.05, 0) is 67.3 Å². The number of hydrogen-bond donors (Lipinski definition) is 2. The molecule has 0 aliphatic carbocycles. The van der Waals surface area contributed by atoms with Crippen molar-refractivity contribution >= 4 is 17.8 Å². The number of rotatable bonds is 9. The van der Waals surface area contributed by atoms with Gasteiger partial charge in [0.1, 0.15) is 6.04 Å². The maximum atomic E-state index is 13.4. The van der Waals surface area contributed by atoms with Gasteiger partial charge in [0.05, 0.1) is 12.5 Å². The zero-order chi connectivity index (χ0) is 24.8. The van der Waals surface area contributed by atoms with E-state index in [4.69, 9.17) is 0 Å². The largest absolute Gasteiger partial charge is 0.481 e. The summed E-state index contributed by atoms with van der Waals surface area (Å²) >= 11 is 0. The Morgan fingerprint density at radius 2 is 1.85 bits per heavy atom. The molecule has 7 nitrogen and oxygen atoms in total. The number of carboxylic acid groups (broad SMARTS) is 1. The SMILES string of the molecule is Cc1cccc(C)c1-c1cncc([C@H](CC(=O)O)NC(=O)C(CC(C)C)N2CCCCC2=O)c1. The van der Waals surface area contributed by atoms with Crippen LogP contribution in [-0.2, 0) is 14.4 Å². The first kappa shape index (κ1) is 25.4. The van der Waals surface area contributed by atoms with E-state index in [1.807, 2.05) is 52.0 Å². The van der Waals surface area contributed by atoms with Gasteiger partial charge in [-0.3, -0.25) is 19.4 Å². The Morgan fingerprint density at radius 1 is 1.15 bits per heavy atom. The maximum absolute atomic E-state index is 13.4. The van der Waals surface area contributed by atoms with E-state index in [2.05, 4.69) is 10.3 Å². The molecular formula is C27H35N3O4. The van der Waals surface area contributed by atoms with Gasteiger partial charge in [0.2, 0.25) is 11.8 Å². The van der Waals surface area contributed by atoms with Crippen molar-refractivity contribution in [3.63, 3.8) is 0 Å². The first-order valence-electron chi connectivity index (χ1n) is 12.0. The van der Waals surface area contributed by atoms with Crippen LogP contribution < -0.4 is 5.32 Å². The molecule has 2 heterocycles. The van der Waals surface area contributed by atoms with Crippen molar-refractivity contribution < 1.29 is 19.5 Å². The summed E-state index contributed by atoms with van der Waals surface area (Å²) in [6.45, 7) is 8.63. The zero-order valence-corrected chi connectivity index (χ0v) is 20.5. The van der Waals surface area contributed by atoms with Crippen molar-refractivity contribution in [1.82, 2.24) is 15.2 Å². The van der Waals surface area contributed by atoms with Crippen LogP contribution in [0.3, 0.4) is 0 Å². The number of amides is 2. The smallest absolute Gasteiger partial charge is 0.305 e. The van der Waals surface area contributed by atoms with Crippen molar-refractivity contribution in [2.24, 2.45) is 5.92 Å². The van der Waals surface area contributed by atoms with Gasteiger partial charge in [-0.1, -0.05) is 32.0 Å². The number of aryl methyl sites for hydroxylation is 2. The first-order chi connectivity index (χ1) is 16.2. The number of piperidine rings is 1. The third-order valence-corrected chi connectivity index (χ3v) is 6.36. The number of likely N-dealkylation sites (tertiary alicyclic amines) is 1. The summed E-state index contributed by atoms with van der Waals surface area (Å²) in [6.07, 6.45) is 5.77. The van der Waals surface area contributed by atoms with Gasteiger partial charge in [0.25, 0.3) is 0 Å². The number of carbonyl (C=O) groups excluding carboxylic acids is 2. The number of carboxylic acids is 1. The number of hydrogen-bond acceptors (Lipinski definition) is 4. The summed E-state index contributed by atoms with van der Waals surface area (Å²) in [7, 11) is 0. The van der Waals surface area contributed by atoms with Crippen molar-refractivity contribution in [1.29, 1.82) is 0 Å². The first-order valence-corrected chi connectivity index (χ1v) is 12.0. The van der Waals surface area contributed by atoms with Gasteiger partial charge in [-0.25, -0.2) is 0 Å². The summed E-state index contributed by atoms with van der Waals surface area (Å²) in [5.41, 5.74) is 4.75. The fourth-order valence-electron chi connectivity index (χ4n) is 4.73. The van der Waals surface area contributed by atoms with Gasteiger partial charge in [-0.15, -0.1) is 0 Å². The highest BCUT2D eigenvalue weighted by Gasteiger charge is 2.33. The molecule has 2 atom stereocenters. The van der Waals surface area contributed by atoms with Crippen LogP contribution in [0.5, 0.6) is 0 Å².